The molecule has 0 aromatic heterocycles. The summed E-state index contributed by atoms with van der Waals surface area (Å²) in [5, 5.41) is 22.9. The molecule has 0 aliphatic carbocycles. The zero-order chi connectivity index (χ0) is 27.0. The first-order valence-electron chi connectivity index (χ1n) is 10.2. The molecule has 4 aromatic carbocycles. The fraction of sp³-hybridized carbons (Fsp3) is 0. The Labute approximate surface area is 209 Å². The summed E-state index contributed by atoms with van der Waals surface area (Å²) in [5.41, 5.74) is 6.80. The lowest BCUT2D eigenvalue weighted by Crippen LogP contribution is -2.04. The number of nitro groups is 1. The van der Waals surface area contributed by atoms with Crippen LogP contribution in [-0.4, -0.2) is 30.9 Å². The van der Waals surface area contributed by atoms with Gasteiger partial charge in [-0.1, -0.05) is 6.07 Å². The van der Waals surface area contributed by atoms with Gasteiger partial charge in [-0.3, -0.25) is 19.2 Å². The van der Waals surface area contributed by atoms with Gasteiger partial charge in [0.15, 0.2) is 0 Å². The first kappa shape index (κ1) is 25.6. The maximum absolute atomic E-state index is 11.7. The molecule has 190 valence electrons. The SMILES string of the molecule is Nc1ccc(N=Nc2ccc(Nc3ccc([N+](=O)[O-])cc3S(=O)(=O)O)cc2)c2cc(S(=O)(=O)O)ccc12. The third kappa shape index (κ3) is 5.70. The van der Waals surface area contributed by atoms with Crippen LogP contribution in [0, 0.1) is 10.1 Å². The second kappa shape index (κ2) is 9.55. The fourth-order valence-electron chi connectivity index (χ4n) is 3.40. The number of non-ortho nitro benzene ring substituents is 1. The average molecular weight is 544 g/mol. The second-order valence-electron chi connectivity index (χ2n) is 7.64. The van der Waals surface area contributed by atoms with Gasteiger partial charge in [-0.05, 0) is 54.6 Å². The van der Waals surface area contributed by atoms with Crippen molar-refractivity contribution in [3.8, 4) is 0 Å². The number of nitrogens with zero attached hydrogens (tertiary/aromatic N) is 3. The molecule has 0 aliphatic rings. The summed E-state index contributed by atoms with van der Waals surface area (Å²) in [7, 11) is -9.20. The van der Waals surface area contributed by atoms with Crippen LogP contribution in [0.15, 0.2) is 92.8 Å². The number of nitrogens with one attached hydrogen (secondary N) is 1. The van der Waals surface area contributed by atoms with Crippen LogP contribution < -0.4 is 11.1 Å². The molecular formula is C22H17N5O8S2. The molecule has 0 saturated carbocycles. The summed E-state index contributed by atoms with van der Waals surface area (Å²) in [6, 6.07) is 16.1. The van der Waals surface area contributed by atoms with E-state index in [-0.39, 0.29) is 10.6 Å². The molecule has 0 atom stereocenters. The van der Waals surface area contributed by atoms with Gasteiger partial charge in [0.05, 0.1) is 26.9 Å². The highest BCUT2D eigenvalue weighted by Gasteiger charge is 2.20. The Balaban J connectivity index is 1.62. The third-order valence-electron chi connectivity index (χ3n) is 5.17. The van der Waals surface area contributed by atoms with Crippen molar-refractivity contribution in [3.05, 3.63) is 82.9 Å². The number of nitrogen functional groups attached to an aromatic ring is 1. The number of nitro benzene ring substituents is 1. The van der Waals surface area contributed by atoms with Crippen molar-refractivity contribution in [3.63, 3.8) is 0 Å². The van der Waals surface area contributed by atoms with Crippen molar-refractivity contribution in [2.24, 2.45) is 10.2 Å². The highest BCUT2D eigenvalue weighted by molar-refractivity contribution is 7.86. The summed E-state index contributed by atoms with van der Waals surface area (Å²) in [5.74, 6) is 0. The van der Waals surface area contributed by atoms with Crippen LogP contribution in [-0.2, 0) is 20.2 Å². The number of rotatable bonds is 7. The van der Waals surface area contributed by atoms with Gasteiger partial charge in [-0.15, -0.1) is 5.11 Å². The molecule has 4 rings (SSSR count). The summed E-state index contributed by atoms with van der Waals surface area (Å²) in [6.07, 6.45) is 0. The summed E-state index contributed by atoms with van der Waals surface area (Å²) < 4.78 is 65.2. The zero-order valence-corrected chi connectivity index (χ0v) is 20.1. The third-order valence-corrected chi connectivity index (χ3v) is 6.91. The Morgan fingerprint density at radius 3 is 2.14 bits per heavy atom. The van der Waals surface area contributed by atoms with Crippen LogP contribution in [0.5, 0.6) is 0 Å². The lowest BCUT2D eigenvalue weighted by molar-refractivity contribution is -0.385. The van der Waals surface area contributed by atoms with Gasteiger partial charge in [-0.25, -0.2) is 0 Å². The van der Waals surface area contributed by atoms with E-state index in [1.165, 1.54) is 48.5 Å². The Morgan fingerprint density at radius 2 is 1.51 bits per heavy atom. The Bertz CT molecular complexity index is 1790. The Hall–Kier alpha value is -4.44. The van der Waals surface area contributed by atoms with E-state index in [1.54, 1.807) is 6.07 Å². The predicted octanol–water partition coefficient (Wildman–Crippen LogP) is 4.98. The van der Waals surface area contributed by atoms with E-state index in [4.69, 9.17) is 5.73 Å². The van der Waals surface area contributed by atoms with Crippen molar-refractivity contribution in [2.45, 2.75) is 9.79 Å². The van der Waals surface area contributed by atoms with E-state index in [2.05, 4.69) is 15.5 Å². The molecule has 4 aromatic rings. The average Bonchev–Trinajstić information content (AvgIpc) is 2.83. The summed E-state index contributed by atoms with van der Waals surface area (Å²) >= 11 is 0. The van der Waals surface area contributed by atoms with Gasteiger partial charge in [-0.2, -0.15) is 21.9 Å². The van der Waals surface area contributed by atoms with Crippen molar-refractivity contribution in [1.29, 1.82) is 0 Å². The molecule has 0 saturated heterocycles. The molecule has 0 radical (unpaired) electrons. The van der Waals surface area contributed by atoms with Crippen LogP contribution in [0.1, 0.15) is 0 Å². The monoisotopic (exact) mass is 543 g/mol. The molecule has 0 heterocycles. The molecule has 0 aliphatic heterocycles. The van der Waals surface area contributed by atoms with Gasteiger partial charge in [0, 0.05) is 34.3 Å². The number of anilines is 3. The van der Waals surface area contributed by atoms with Gasteiger partial charge in [0.2, 0.25) is 0 Å². The van der Waals surface area contributed by atoms with E-state index >= 15 is 0 Å². The van der Waals surface area contributed by atoms with Crippen LogP contribution in [0.3, 0.4) is 0 Å². The normalized spacial score (nSPS) is 12.2. The topological polar surface area (TPSA) is 215 Å². The van der Waals surface area contributed by atoms with E-state index in [0.717, 1.165) is 18.2 Å². The fourth-order valence-corrected chi connectivity index (χ4v) is 4.58. The van der Waals surface area contributed by atoms with Gasteiger partial charge in [0.25, 0.3) is 25.9 Å². The van der Waals surface area contributed by atoms with Crippen molar-refractivity contribution in [2.75, 3.05) is 11.1 Å². The molecule has 5 N–H and O–H groups in total. The van der Waals surface area contributed by atoms with Crippen LogP contribution in [0.25, 0.3) is 10.8 Å². The summed E-state index contributed by atoms with van der Waals surface area (Å²) in [6.45, 7) is 0. The van der Waals surface area contributed by atoms with Crippen molar-refractivity contribution >= 4 is 65.1 Å². The lowest BCUT2D eigenvalue weighted by atomic mass is 10.1. The minimum absolute atomic E-state index is 0.0783. The van der Waals surface area contributed by atoms with Crippen molar-refractivity contribution < 1.29 is 30.9 Å². The number of fused-ring (bicyclic) bond motifs is 1. The number of azo groups is 1. The van der Waals surface area contributed by atoms with E-state index in [0.29, 0.717) is 33.5 Å². The van der Waals surface area contributed by atoms with Gasteiger partial charge < -0.3 is 11.1 Å². The Kier molecular flexibility index (Phi) is 6.62. The number of hydrogen-bond acceptors (Lipinski definition) is 10. The number of nitrogens with two attached hydrogens (primary N) is 1. The highest BCUT2D eigenvalue weighted by Crippen LogP contribution is 2.34. The molecule has 37 heavy (non-hydrogen) atoms. The maximum atomic E-state index is 11.7. The standard InChI is InChI=1S/C22H17N5O8S2/c23-19-8-10-20(18-12-16(36(30,31)32)6-7-17(18)19)26-25-14-3-1-13(2-4-14)24-21-9-5-15(27(28)29)11-22(21)37(33,34)35/h1-12,24H,23H2,(H,30,31,32)(H,33,34,35). The first-order chi connectivity index (χ1) is 17.3. The molecule has 13 nitrogen and oxygen atoms in total. The van der Waals surface area contributed by atoms with E-state index in [1.807, 2.05) is 0 Å². The smallest absolute Gasteiger partial charge is 0.296 e. The first-order valence-corrected chi connectivity index (χ1v) is 13.1. The number of benzene rings is 4. The maximum Gasteiger partial charge on any atom is 0.296 e. The Morgan fingerprint density at radius 1 is 0.811 bits per heavy atom. The molecule has 0 fully saturated rings. The number of hydrogen-bond donors (Lipinski definition) is 4. The van der Waals surface area contributed by atoms with Gasteiger partial charge in [0.1, 0.15) is 4.90 Å². The summed E-state index contributed by atoms with van der Waals surface area (Å²) in [4.78, 5) is 9.17. The zero-order valence-electron chi connectivity index (χ0n) is 18.5. The molecule has 15 heteroatoms. The van der Waals surface area contributed by atoms with E-state index < -0.39 is 35.7 Å². The van der Waals surface area contributed by atoms with Gasteiger partial charge >= 0.3 is 0 Å². The molecule has 0 spiro atoms. The lowest BCUT2D eigenvalue weighted by Gasteiger charge is -2.10. The molecule has 0 amide bonds. The molecular weight excluding hydrogens is 526 g/mol. The second-order valence-corrected chi connectivity index (χ2v) is 10.5. The minimum Gasteiger partial charge on any atom is -0.398 e. The van der Waals surface area contributed by atoms with Crippen LogP contribution >= 0.6 is 0 Å². The molecule has 0 bridgehead atoms. The molecule has 0 unspecified atom stereocenters. The quantitative estimate of drug-likeness (QED) is 0.0805. The van der Waals surface area contributed by atoms with Crippen molar-refractivity contribution in [1.82, 2.24) is 0 Å². The van der Waals surface area contributed by atoms with Crippen LogP contribution in [0.2, 0.25) is 0 Å². The largest absolute Gasteiger partial charge is 0.398 e. The highest BCUT2D eigenvalue weighted by atomic mass is 32.2. The van der Waals surface area contributed by atoms with Crippen LogP contribution in [0.4, 0.5) is 34.1 Å². The predicted molar refractivity (Wildman–Crippen MR) is 135 cm³/mol. The van der Waals surface area contributed by atoms with E-state index in [9.17, 15) is 36.1 Å². The minimum atomic E-state index is -4.75.